The van der Waals surface area contributed by atoms with Crippen molar-refractivity contribution in [1.29, 1.82) is 5.26 Å². The molecule has 3 heterocycles. The van der Waals surface area contributed by atoms with E-state index < -0.39 is 0 Å². The molecule has 0 aromatic rings. The van der Waals surface area contributed by atoms with Crippen molar-refractivity contribution in [3.05, 3.63) is 0 Å². The molecule has 2 unspecified atom stereocenters. The van der Waals surface area contributed by atoms with Crippen molar-refractivity contribution < 1.29 is 4.39 Å². The van der Waals surface area contributed by atoms with Crippen LogP contribution in [0.1, 0.15) is 78.1 Å². The fourth-order valence-electron chi connectivity index (χ4n) is 7.67. The molecular formula is C30H54FN5. The summed E-state index contributed by atoms with van der Waals surface area (Å²) >= 11 is 0. The van der Waals surface area contributed by atoms with Gasteiger partial charge in [-0.1, -0.05) is 6.42 Å². The quantitative estimate of drug-likeness (QED) is 0.534. The van der Waals surface area contributed by atoms with Crippen LogP contribution in [0.25, 0.3) is 0 Å². The van der Waals surface area contributed by atoms with Crippen molar-refractivity contribution in [2.75, 3.05) is 79.7 Å². The molecule has 0 aromatic carbocycles. The van der Waals surface area contributed by atoms with E-state index in [9.17, 15) is 9.65 Å². The van der Waals surface area contributed by atoms with Gasteiger partial charge in [-0.25, -0.2) is 4.39 Å². The first-order chi connectivity index (χ1) is 17.2. The maximum Gasteiger partial charge on any atom is 0.107 e. The standard InChI is InChI=1S/C30H54FN5/c1-28(2,23-31)36-19-13-30(14-20-36)12-18-34(4)22-27(30)26-9-8-17-35(25-29(24-32)10-11-29)16-7-5-6-15-33(3)21-26/h26-27H,5-23,25H2,1-4H3. The largest absolute Gasteiger partial charge is 0.306 e. The Bertz CT molecular complexity index is 736. The highest BCUT2D eigenvalue weighted by Crippen LogP contribution is 2.50. The van der Waals surface area contributed by atoms with Gasteiger partial charge in [0.05, 0.1) is 11.5 Å². The fraction of sp³-hybridized carbons (Fsp3) is 0.967. The molecule has 36 heavy (non-hydrogen) atoms. The van der Waals surface area contributed by atoms with Crippen molar-refractivity contribution in [3.63, 3.8) is 0 Å². The summed E-state index contributed by atoms with van der Waals surface area (Å²) in [7, 11) is 4.67. The predicted octanol–water partition coefficient (Wildman–Crippen LogP) is 4.89. The van der Waals surface area contributed by atoms with Gasteiger partial charge in [-0.2, -0.15) is 5.26 Å². The van der Waals surface area contributed by atoms with Crippen molar-refractivity contribution >= 4 is 0 Å². The second-order valence-electron chi connectivity index (χ2n) is 13.8. The molecule has 3 aliphatic heterocycles. The number of hydrogen-bond acceptors (Lipinski definition) is 5. The summed E-state index contributed by atoms with van der Waals surface area (Å²) in [6.45, 7) is 14.1. The summed E-state index contributed by atoms with van der Waals surface area (Å²) in [6.07, 6.45) is 12.3. The number of nitrogens with zero attached hydrogens (tertiary/aromatic N) is 5. The van der Waals surface area contributed by atoms with Crippen LogP contribution in [0.15, 0.2) is 0 Å². The van der Waals surface area contributed by atoms with Crippen LogP contribution in [0.5, 0.6) is 0 Å². The van der Waals surface area contributed by atoms with Crippen LogP contribution in [0.4, 0.5) is 4.39 Å². The molecule has 4 aliphatic rings. The molecule has 1 spiro atoms. The van der Waals surface area contributed by atoms with Crippen LogP contribution < -0.4 is 0 Å². The van der Waals surface area contributed by atoms with Gasteiger partial charge in [-0.15, -0.1) is 0 Å². The Morgan fingerprint density at radius 2 is 1.47 bits per heavy atom. The van der Waals surface area contributed by atoms with Crippen molar-refractivity contribution in [1.82, 2.24) is 19.6 Å². The SMILES string of the molecule is CN1CCCCCN(CC2(C#N)CC2)CCCC(C2CN(C)CCC23CCN(C(C)(C)CF)CC3)C1. The van der Waals surface area contributed by atoms with Crippen LogP contribution >= 0.6 is 0 Å². The number of nitriles is 1. The lowest BCUT2D eigenvalue weighted by atomic mass is 9.59. The fourth-order valence-corrected chi connectivity index (χ4v) is 7.67. The van der Waals surface area contributed by atoms with Gasteiger partial charge in [0.1, 0.15) is 6.67 Å². The van der Waals surface area contributed by atoms with Gasteiger partial charge in [0.2, 0.25) is 0 Å². The average molecular weight is 504 g/mol. The summed E-state index contributed by atoms with van der Waals surface area (Å²) in [6, 6.07) is 2.63. The van der Waals surface area contributed by atoms with Gasteiger partial charge >= 0.3 is 0 Å². The van der Waals surface area contributed by atoms with Gasteiger partial charge in [0, 0.05) is 25.2 Å². The summed E-state index contributed by atoms with van der Waals surface area (Å²) in [5.41, 5.74) is 0.0481. The van der Waals surface area contributed by atoms with Crippen LogP contribution in [0, 0.1) is 34.0 Å². The van der Waals surface area contributed by atoms with Gasteiger partial charge in [-0.3, -0.25) is 4.90 Å². The number of rotatable bonds is 5. The van der Waals surface area contributed by atoms with E-state index in [0.717, 1.165) is 51.5 Å². The zero-order valence-corrected chi connectivity index (χ0v) is 23.9. The second-order valence-corrected chi connectivity index (χ2v) is 13.8. The highest BCUT2D eigenvalue weighted by molar-refractivity contribution is 5.11. The molecular weight excluding hydrogens is 449 g/mol. The molecule has 3 saturated heterocycles. The van der Waals surface area contributed by atoms with E-state index in [2.05, 4.69) is 53.6 Å². The Balaban J connectivity index is 1.47. The molecule has 0 aromatic heterocycles. The van der Waals surface area contributed by atoms with E-state index in [0.29, 0.717) is 11.3 Å². The van der Waals surface area contributed by atoms with Crippen LogP contribution in [-0.4, -0.2) is 105 Å². The number of likely N-dealkylation sites (tertiary alicyclic amines) is 2. The predicted molar refractivity (Wildman–Crippen MR) is 147 cm³/mol. The molecule has 0 bridgehead atoms. The Hall–Kier alpha value is -0.740. The first kappa shape index (κ1) is 28.3. The van der Waals surface area contributed by atoms with Gasteiger partial charge < -0.3 is 14.7 Å². The van der Waals surface area contributed by atoms with Crippen molar-refractivity contribution in [2.45, 2.75) is 83.6 Å². The minimum atomic E-state index is -0.332. The van der Waals surface area contributed by atoms with E-state index in [1.807, 2.05) is 0 Å². The molecule has 4 fully saturated rings. The summed E-state index contributed by atoms with van der Waals surface area (Å²) < 4.78 is 13.8. The molecule has 4 rings (SSSR count). The Kier molecular flexibility index (Phi) is 9.40. The van der Waals surface area contributed by atoms with Crippen LogP contribution in [0.2, 0.25) is 0 Å². The molecule has 0 radical (unpaired) electrons. The van der Waals surface area contributed by atoms with Crippen molar-refractivity contribution in [2.24, 2.45) is 22.7 Å². The van der Waals surface area contributed by atoms with Crippen molar-refractivity contribution in [3.8, 4) is 6.07 Å². The van der Waals surface area contributed by atoms with Gasteiger partial charge in [-0.05, 0) is 142 Å². The summed E-state index contributed by atoms with van der Waals surface area (Å²) in [5, 5.41) is 9.68. The summed E-state index contributed by atoms with van der Waals surface area (Å²) in [5.74, 6) is 1.44. The van der Waals surface area contributed by atoms with E-state index in [-0.39, 0.29) is 17.6 Å². The maximum absolute atomic E-state index is 13.8. The third kappa shape index (κ3) is 6.82. The average Bonchev–Trinajstić information content (AvgIpc) is 3.64. The molecule has 5 nitrogen and oxygen atoms in total. The number of halogens is 1. The van der Waals surface area contributed by atoms with E-state index in [1.54, 1.807) is 0 Å². The van der Waals surface area contributed by atoms with Crippen LogP contribution in [-0.2, 0) is 0 Å². The molecule has 1 aliphatic carbocycles. The number of hydrogen-bond donors (Lipinski definition) is 0. The smallest absolute Gasteiger partial charge is 0.107 e. The number of piperidine rings is 2. The molecule has 2 atom stereocenters. The van der Waals surface area contributed by atoms with Gasteiger partial charge in [0.15, 0.2) is 0 Å². The molecule has 1 saturated carbocycles. The zero-order valence-electron chi connectivity index (χ0n) is 23.9. The second kappa shape index (κ2) is 12.0. The van der Waals surface area contributed by atoms with Gasteiger partial charge in [0.25, 0.3) is 0 Å². The highest BCUT2D eigenvalue weighted by Gasteiger charge is 2.48. The van der Waals surface area contributed by atoms with Crippen LogP contribution in [0.3, 0.4) is 0 Å². The Morgan fingerprint density at radius 1 is 0.833 bits per heavy atom. The van der Waals surface area contributed by atoms with E-state index >= 15 is 0 Å². The minimum absolute atomic E-state index is 0.0335. The highest BCUT2D eigenvalue weighted by atomic mass is 19.1. The molecule has 0 N–H and O–H groups in total. The molecule has 206 valence electrons. The third-order valence-corrected chi connectivity index (χ3v) is 10.5. The summed E-state index contributed by atoms with van der Waals surface area (Å²) in [4.78, 5) is 10.3. The lowest BCUT2D eigenvalue weighted by Crippen LogP contribution is -2.58. The topological polar surface area (TPSA) is 36.8 Å². The lowest BCUT2D eigenvalue weighted by molar-refractivity contribution is -0.0658. The Morgan fingerprint density at radius 3 is 2.14 bits per heavy atom. The zero-order chi connectivity index (χ0) is 25.8. The minimum Gasteiger partial charge on any atom is -0.306 e. The molecule has 6 heteroatoms. The number of alkyl halides is 1. The van der Waals surface area contributed by atoms with E-state index in [4.69, 9.17) is 0 Å². The van der Waals surface area contributed by atoms with E-state index in [1.165, 1.54) is 77.5 Å². The lowest BCUT2D eigenvalue weighted by Gasteiger charge is -2.56. The first-order valence-corrected chi connectivity index (χ1v) is 15.0. The molecule has 0 amide bonds. The third-order valence-electron chi connectivity index (χ3n) is 10.5. The first-order valence-electron chi connectivity index (χ1n) is 15.0. The normalized spacial score (nSPS) is 31.9. The maximum atomic E-state index is 13.8. The Labute approximate surface area is 221 Å². The monoisotopic (exact) mass is 503 g/mol.